The molecule has 0 saturated heterocycles. The Balaban J connectivity index is 1.75. The fourth-order valence-corrected chi connectivity index (χ4v) is 3.22. The molecule has 2 aliphatic carbocycles. The van der Waals surface area contributed by atoms with Gasteiger partial charge in [0.1, 0.15) is 0 Å². The van der Waals surface area contributed by atoms with Gasteiger partial charge in [0.15, 0.2) is 5.82 Å². The van der Waals surface area contributed by atoms with Crippen LogP contribution in [0, 0.1) is 23.7 Å². The zero-order valence-corrected chi connectivity index (χ0v) is 11.4. The summed E-state index contributed by atoms with van der Waals surface area (Å²) in [5, 5.41) is 19.6. The van der Waals surface area contributed by atoms with E-state index in [0.29, 0.717) is 5.88 Å². The standard InChI is InChI=1S/C14H15N3O4/c1-21-10-5-4-9(16-17-10)15-13(18)11-7-2-3-8(6-7)12(11)14(19)20/h2-5,7-8,11-12H,6H2,1H3,(H,19,20)(H,15,16,18)/t7-,8-,11+,12-/m0/s1. The Morgan fingerprint density at radius 2 is 1.95 bits per heavy atom. The zero-order valence-electron chi connectivity index (χ0n) is 11.4. The first-order valence-electron chi connectivity index (χ1n) is 6.70. The van der Waals surface area contributed by atoms with Crippen LogP contribution in [0.5, 0.6) is 5.88 Å². The van der Waals surface area contributed by atoms with E-state index in [1.807, 2.05) is 12.2 Å². The molecule has 0 unspecified atom stereocenters. The van der Waals surface area contributed by atoms with Gasteiger partial charge in [0.2, 0.25) is 11.8 Å². The lowest BCUT2D eigenvalue weighted by atomic mass is 9.82. The molecule has 7 heteroatoms. The summed E-state index contributed by atoms with van der Waals surface area (Å²) in [5.74, 6) is -1.89. The quantitative estimate of drug-likeness (QED) is 0.800. The van der Waals surface area contributed by atoms with Crippen molar-refractivity contribution in [2.24, 2.45) is 23.7 Å². The summed E-state index contributed by atoms with van der Waals surface area (Å²) in [4.78, 5) is 23.8. The van der Waals surface area contributed by atoms with Gasteiger partial charge in [-0.2, -0.15) is 0 Å². The lowest BCUT2D eigenvalue weighted by molar-refractivity contribution is -0.146. The normalized spacial score (nSPS) is 29.4. The maximum Gasteiger partial charge on any atom is 0.307 e. The first kappa shape index (κ1) is 13.5. The number of carboxylic acid groups (broad SMARTS) is 1. The van der Waals surface area contributed by atoms with Crippen LogP contribution in [-0.2, 0) is 9.59 Å². The highest BCUT2D eigenvalue weighted by atomic mass is 16.5. The molecule has 4 atom stereocenters. The van der Waals surface area contributed by atoms with Gasteiger partial charge in [-0.15, -0.1) is 10.2 Å². The van der Waals surface area contributed by atoms with Gasteiger partial charge < -0.3 is 15.2 Å². The Labute approximate surface area is 121 Å². The van der Waals surface area contributed by atoms with E-state index in [1.165, 1.54) is 7.11 Å². The van der Waals surface area contributed by atoms with Gasteiger partial charge in [0.05, 0.1) is 18.9 Å². The number of anilines is 1. The predicted molar refractivity (Wildman–Crippen MR) is 72.6 cm³/mol. The maximum atomic E-state index is 12.4. The summed E-state index contributed by atoms with van der Waals surface area (Å²) in [7, 11) is 1.47. The van der Waals surface area contributed by atoms with Gasteiger partial charge in [-0.1, -0.05) is 12.2 Å². The third-order valence-corrected chi connectivity index (χ3v) is 4.15. The minimum Gasteiger partial charge on any atom is -0.481 e. The SMILES string of the molecule is COc1ccc(NC(=O)[C@H]2[C@@H](C(=O)O)[C@H]3C=C[C@H]2C3)nn1. The number of amides is 1. The van der Waals surface area contributed by atoms with E-state index in [4.69, 9.17) is 4.74 Å². The highest BCUT2D eigenvalue weighted by Crippen LogP contribution is 2.48. The van der Waals surface area contributed by atoms with E-state index in [9.17, 15) is 14.7 Å². The molecule has 1 amide bonds. The van der Waals surface area contributed by atoms with Gasteiger partial charge in [0.25, 0.3) is 0 Å². The van der Waals surface area contributed by atoms with Crippen molar-refractivity contribution in [1.29, 1.82) is 0 Å². The number of fused-ring (bicyclic) bond motifs is 2. The van der Waals surface area contributed by atoms with Crippen molar-refractivity contribution in [2.45, 2.75) is 6.42 Å². The van der Waals surface area contributed by atoms with Crippen molar-refractivity contribution in [3.8, 4) is 5.88 Å². The largest absolute Gasteiger partial charge is 0.481 e. The highest BCUT2D eigenvalue weighted by Gasteiger charge is 2.51. The van der Waals surface area contributed by atoms with Crippen LogP contribution < -0.4 is 10.1 Å². The molecular formula is C14H15N3O4. The number of allylic oxidation sites excluding steroid dienone is 2. The number of aliphatic carboxylic acids is 1. The number of hydrogen-bond acceptors (Lipinski definition) is 5. The topological polar surface area (TPSA) is 101 Å². The second-order valence-electron chi connectivity index (χ2n) is 5.29. The Morgan fingerprint density at radius 3 is 2.52 bits per heavy atom. The van der Waals surface area contributed by atoms with Crippen LogP contribution in [0.1, 0.15) is 6.42 Å². The molecule has 1 saturated carbocycles. The van der Waals surface area contributed by atoms with E-state index < -0.39 is 17.8 Å². The number of carbonyl (C=O) groups is 2. The summed E-state index contributed by atoms with van der Waals surface area (Å²) < 4.78 is 4.89. The number of nitrogens with one attached hydrogen (secondary N) is 1. The lowest BCUT2D eigenvalue weighted by Crippen LogP contribution is -2.36. The number of nitrogens with zero attached hydrogens (tertiary/aromatic N) is 2. The Morgan fingerprint density at radius 1 is 1.24 bits per heavy atom. The fourth-order valence-electron chi connectivity index (χ4n) is 3.22. The summed E-state index contributed by atoms with van der Waals surface area (Å²) in [5.41, 5.74) is 0. The van der Waals surface area contributed by atoms with Crippen LogP contribution >= 0.6 is 0 Å². The molecule has 1 heterocycles. The van der Waals surface area contributed by atoms with Gasteiger partial charge in [-0.3, -0.25) is 9.59 Å². The molecule has 2 aliphatic rings. The maximum absolute atomic E-state index is 12.4. The van der Waals surface area contributed by atoms with Gasteiger partial charge >= 0.3 is 5.97 Å². The number of carboxylic acids is 1. The number of methoxy groups -OCH3 is 1. The first-order valence-corrected chi connectivity index (χ1v) is 6.70. The predicted octanol–water partition coefficient (Wildman–Crippen LogP) is 0.947. The molecule has 0 aliphatic heterocycles. The van der Waals surface area contributed by atoms with E-state index in [1.54, 1.807) is 12.1 Å². The second kappa shape index (κ2) is 5.16. The number of ether oxygens (including phenoxy) is 1. The third kappa shape index (κ3) is 2.35. The third-order valence-electron chi connectivity index (χ3n) is 4.15. The molecule has 2 bridgehead atoms. The average Bonchev–Trinajstić information content (AvgIpc) is 3.08. The molecule has 1 aromatic heterocycles. The zero-order chi connectivity index (χ0) is 15.0. The fraction of sp³-hybridized carbons (Fsp3) is 0.429. The van der Waals surface area contributed by atoms with Crippen molar-refractivity contribution in [1.82, 2.24) is 10.2 Å². The summed E-state index contributed by atoms with van der Waals surface area (Å²) in [6, 6.07) is 3.15. The molecule has 1 aromatic rings. The number of aromatic nitrogens is 2. The Hall–Kier alpha value is -2.44. The smallest absolute Gasteiger partial charge is 0.307 e. The van der Waals surface area contributed by atoms with Crippen LogP contribution in [0.15, 0.2) is 24.3 Å². The number of carbonyl (C=O) groups excluding carboxylic acids is 1. The van der Waals surface area contributed by atoms with E-state index in [-0.39, 0.29) is 23.6 Å². The highest BCUT2D eigenvalue weighted by molar-refractivity contribution is 5.95. The van der Waals surface area contributed by atoms with Crippen molar-refractivity contribution < 1.29 is 19.4 Å². The van der Waals surface area contributed by atoms with E-state index in [2.05, 4.69) is 15.5 Å². The molecule has 2 N–H and O–H groups in total. The molecule has 21 heavy (non-hydrogen) atoms. The van der Waals surface area contributed by atoms with Crippen molar-refractivity contribution in [3.05, 3.63) is 24.3 Å². The molecule has 1 fully saturated rings. The monoisotopic (exact) mass is 289 g/mol. The van der Waals surface area contributed by atoms with Crippen molar-refractivity contribution >= 4 is 17.7 Å². The van der Waals surface area contributed by atoms with Crippen LogP contribution in [0.25, 0.3) is 0 Å². The molecule has 0 aromatic carbocycles. The summed E-state index contributed by atoms with van der Waals surface area (Å²) in [6.07, 6.45) is 4.57. The minimum absolute atomic E-state index is 0.0118. The molecule has 3 rings (SSSR count). The van der Waals surface area contributed by atoms with Crippen molar-refractivity contribution in [3.63, 3.8) is 0 Å². The molecule has 110 valence electrons. The summed E-state index contributed by atoms with van der Waals surface area (Å²) >= 11 is 0. The van der Waals surface area contributed by atoms with Crippen LogP contribution in [0.2, 0.25) is 0 Å². The molecule has 0 radical (unpaired) electrons. The minimum atomic E-state index is -0.923. The van der Waals surface area contributed by atoms with Crippen molar-refractivity contribution in [2.75, 3.05) is 12.4 Å². The molecule has 7 nitrogen and oxygen atoms in total. The van der Waals surface area contributed by atoms with Crippen LogP contribution in [0.3, 0.4) is 0 Å². The van der Waals surface area contributed by atoms with Gasteiger partial charge in [-0.25, -0.2) is 0 Å². The lowest BCUT2D eigenvalue weighted by Gasteiger charge is -2.23. The van der Waals surface area contributed by atoms with Crippen LogP contribution in [-0.4, -0.2) is 34.3 Å². The summed E-state index contributed by atoms with van der Waals surface area (Å²) in [6.45, 7) is 0. The van der Waals surface area contributed by atoms with Gasteiger partial charge in [0, 0.05) is 6.07 Å². The average molecular weight is 289 g/mol. The molecule has 0 spiro atoms. The number of hydrogen-bond donors (Lipinski definition) is 2. The number of rotatable bonds is 4. The van der Waals surface area contributed by atoms with E-state index in [0.717, 1.165) is 6.42 Å². The Bertz CT molecular complexity index is 599. The van der Waals surface area contributed by atoms with Gasteiger partial charge in [-0.05, 0) is 24.3 Å². The van der Waals surface area contributed by atoms with Crippen LogP contribution in [0.4, 0.5) is 5.82 Å². The first-order chi connectivity index (χ1) is 10.1. The molecular weight excluding hydrogens is 274 g/mol. The Kier molecular flexibility index (Phi) is 3.32. The second-order valence-corrected chi connectivity index (χ2v) is 5.29. The van der Waals surface area contributed by atoms with E-state index >= 15 is 0 Å².